The summed E-state index contributed by atoms with van der Waals surface area (Å²) in [6, 6.07) is 4.82. The van der Waals surface area contributed by atoms with Crippen LogP contribution < -0.4 is 0 Å². The average molecular weight is 435 g/mol. The summed E-state index contributed by atoms with van der Waals surface area (Å²) >= 11 is 11.7. The van der Waals surface area contributed by atoms with E-state index in [2.05, 4.69) is 0 Å². The minimum absolute atomic E-state index is 0.0370. The molecule has 0 atom stereocenters. The van der Waals surface area contributed by atoms with E-state index in [0.717, 1.165) is 19.6 Å². The summed E-state index contributed by atoms with van der Waals surface area (Å²) in [6.07, 6.45) is 3.84. The van der Waals surface area contributed by atoms with Crippen LogP contribution in [0.4, 0.5) is 0 Å². The first-order valence-corrected chi connectivity index (χ1v) is 9.53. The lowest BCUT2D eigenvalue weighted by Gasteiger charge is -2.09. The van der Waals surface area contributed by atoms with Crippen molar-refractivity contribution >= 4 is 35.4 Å². The number of carbonyl (C=O) groups is 2. The molecule has 1 aromatic rings. The van der Waals surface area contributed by atoms with E-state index in [0.29, 0.717) is 15.6 Å². The molecular formula is C20H32Cl2N2O4. The Morgan fingerprint density at radius 2 is 1.57 bits per heavy atom. The van der Waals surface area contributed by atoms with Crippen LogP contribution in [-0.4, -0.2) is 69.7 Å². The summed E-state index contributed by atoms with van der Waals surface area (Å²) in [5, 5.41) is 0.911. The molecule has 0 aliphatic heterocycles. The van der Waals surface area contributed by atoms with Gasteiger partial charge in [0.05, 0.1) is 5.02 Å². The normalized spacial score (nSPS) is 9.93. The van der Waals surface area contributed by atoms with Crippen LogP contribution in [0.5, 0.6) is 0 Å². The molecule has 0 saturated heterocycles. The maximum absolute atomic E-state index is 11.7. The number of ketones is 1. The third-order valence-electron chi connectivity index (χ3n) is 2.73. The number of rotatable bonds is 8. The molecule has 8 heteroatoms. The number of halogens is 2. The standard InChI is InChI=1S/C11H11Cl2NO.C6H14O2.C3H7NO/c1-14(2)6-5-11(15)9-7-8(12)3-4-10(9)13;1-4-7-6(3)8-5-2;1-4(2)3-5/h3-7H,1-2H3;6H,4-5H2,1-3H3;3H,1-2H3/b6-5+;;. The Kier molecular flexibility index (Phi) is 17.9. The fourth-order valence-corrected chi connectivity index (χ4v) is 1.89. The van der Waals surface area contributed by atoms with Crippen LogP contribution >= 0.6 is 23.2 Å². The molecule has 0 unspecified atom stereocenters. The molecular weight excluding hydrogens is 403 g/mol. The van der Waals surface area contributed by atoms with Crippen molar-refractivity contribution in [3.63, 3.8) is 0 Å². The van der Waals surface area contributed by atoms with Crippen molar-refractivity contribution in [3.8, 4) is 0 Å². The van der Waals surface area contributed by atoms with Gasteiger partial charge in [0.2, 0.25) is 6.41 Å². The van der Waals surface area contributed by atoms with Crippen molar-refractivity contribution in [3.05, 3.63) is 46.1 Å². The first-order valence-electron chi connectivity index (χ1n) is 8.77. The first-order chi connectivity index (χ1) is 13.1. The topological polar surface area (TPSA) is 59.1 Å². The Bertz CT molecular complexity index is 588. The molecule has 0 aliphatic rings. The van der Waals surface area contributed by atoms with Crippen LogP contribution in [0.2, 0.25) is 10.0 Å². The van der Waals surface area contributed by atoms with Crippen molar-refractivity contribution in [2.24, 2.45) is 0 Å². The van der Waals surface area contributed by atoms with E-state index in [-0.39, 0.29) is 12.1 Å². The van der Waals surface area contributed by atoms with E-state index in [1.807, 2.05) is 34.9 Å². The van der Waals surface area contributed by atoms with Gasteiger partial charge in [-0.25, -0.2) is 0 Å². The molecule has 0 fully saturated rings. The molecule has 0 saturated carbocycles. The maximum atomic E-state index is 11.7. The van der Waals surface area contributed by atoms with Gasteiger partial charge in [-0.3, -0.25) is 9.59 Å². The minimum Gasteiger partial charge on any atom is -0.383 e. The van der Waals surface area contributed by atoms with Gasteiger partial charge in [-0.15, -0.1) is 0 Å². The summed E-state index contributed by atoms with van der Waals surface area (Å²) in [4.78, 5) is 24.3. The largest absolute Gasteiger partial charge is 0.383 e. The molecule has 0 radical (unpaired) electrons. The SMILES string of the molecule is CCOC(C)OCC.CN(C)/C=C/C(=O)c1cc(Cl)ccc1Cl.CN(C)C=O. The van der Waals surface area contributed by atoms with Crippen molar-refractivity contribution in [2.45, 2.75) is 27.1 Å². The first kappa shape index (κ1) is 28.6. The molecule has 0 aliphatic carbocycles. The van der Waals surface area contributed by atoms with Crippen molar-refractivity contribution in [1.29, 1.82) is 0 Å². The second-order valence-corrected chi connectivity index (χ2v) is 6.66. The zero-order valence-corrected chi connectivity index (χ0v) is 19.3. The third kappa shape index (κ3) is 16.6. The van der Waals surface area contributed by atoms with Gasteiger partial charge in [0.25, 0.3) is 0 Å². The van der Waals surface area contributed by atoms with E-state index in [9.17, 15) is 9.59 Å². The average Bonchev–Trinajstić information content (AvgIpc) is 2.63. The Morgan fingerprint density at radius 1 is 1.07 bits per heavy atom. The Morgan fingerprint density at radius 3 is 1.96 bits per heavy atom. The zero-order valence-electron chi connectivity index (χ0n) is 17.7. The molecule has 1 aromatic carbocycles. The van der Waals surface area contributed by atoms with Crippen molar-refractivity contribution < 1.29 is 19.1 Å². The summed E-state index contributed by atoms with van der Waals surface area (Å²) in [5.41, 5.74) is 0.419. The van der Waals surface area contributed by atoms with Crippen LogP contribution in [0.3, 0.4) is 0 Å². The summed E-state index contributed by atoms with van der Waals surface area (Å²) in [7, 11) is 7.05. The number of carbonyl (C=O) groups excluding carboxylic acids is 2. The predicted octanol–water partition coefficient (Wildman–Crippen LogP) is 4.36. The van der Waals surface area contributed by atoms with Gasteiger partial charge in [0, 0.05) is 64.3 Å². The van der Waals surface area contributed by atoms with Gasteiger partial charge in [-0.05, 0) is 39.0 Å². The monoisotopic (exact) mass is 434 g/mol. The number of nitrogens with zero attached hydrogens (tertiary/aromatic N) is 2. The smallest absolute Gasteiger partial charge is 0.209 e. The second-order valence-electron chi connectivity index (χ2n) is 5.82. The number of ether oxygens (including phenoxy) is 2. The quantitative estimate of drug-likeness (QED) is 0.263. The van der Waals surface area contributed by atoms with Crippen LogP contribution in [0, 0.1) is 0 Å². The third-order valence-corrected chi connectivity index (χ3v) is 3.30. The molecule has 0 aromatic heterocycles. The molecule has 0 spiro atoms. The molecule has 0 N–H and O–H groups in total. The molecule has 0 bridgehead atoms. The van der Waals surface area contributed by atoms with Gasteiger partial charge in [0.15, 0.2) is 12.1 Å². The van der Waals surface area contributed by atoms with E-state index < -0.39 is 0 Å². The molecule has 160 valence electrons. The highest BCUT2D eigenvalue weighted by atomic mass is 35.5. The number of hydrogen-bond acceptors (Lipinski definition) is 5. The summed E-state index contributed by atoms with van der Waals surface area (Å²) in [5.74, 6) is -0.156. The van der Waals surface area contributed by atoms with E-state index in [1.54, 1.807) is 43.4 Å². The Labute approximate surface area is 179 Å². The van der Waals surface area contributed by atoms with Gasteiger partial charge in [0.1, 0.15) is 0 Å². The fourth-order valence-electron chi connectivity index (χ4n) is 1.51. The number of amides is 1. The number of hydrogen-bond donors (Lipinski definition) is 0. The second kappa shape index (κ2) is 17.5. The van der Waals surface area contributed by atoms with E-state index >= 15 is 0 Å². The molecule has 1 amide bonds. The van der Waals surface area contributed by atoms with Crippen molar-refractivity contribution in [1.82, 2.24) is 9.80 Å². The Balaban J connectivity index is 0. The fraction of sp³-hybridized carbons (Fsp3) is 0.500. The highest BCUT2D eigenvalue weighted by molar-refractivity contribution is 6.36. The lowest BCUT2D eigenvalue weighted by atomic mass is 10.1. The van der Waals surface area contributed by atoms with Crippen LogP contribution in [-0.2, 0) is 14.3 Å². The van der Waals surface area contributed by atoms with Gasteiger partial charge in [-0.2, -0.15) is 0 Å². The summed E-state index contributed by atoms with van der Waals surface area (Å²) in [6.45, 7) is 7.25. The molecule has 28 heavy (non-hydrogen) atoms. The van der Waals surface area contributed by atoms with Gasteiger partial charge >= 0.3 is 0 Å². The minimum atomic E-state index is -0.156. The molecule has 1 rings (SSSR count). The van der Waals surface area contributed by atoms with Crippen LogP contribution in [0.15, 0.2) is 30.5 Å². The Hall–Kier alpha value is -1.60. The van der Waals surface area contributed by atoms with E-state index in [4.69, 9.17) is 32.7 Å². The van der Waals surface area contributed by atoms with Gasteiger partial charge in [-0.1, -0.05) is 23.2 Å². The maximum Gasteiger partial charge on any atom is 0.209 e. The highest BCUT2D eigenvalue weighted by Gasteiger charge is 2.07. The zero-order chi connectivity index (χ0) is 22.1. The lowest BCUT2D eigenvalue weighted by molar-refractivity contribution is -0.123. The number of allylic oxidation sites excluding steroid dienone is 1. The van der Waals surface area contributed by atoms with Crippen LogP contribution in [0.1, 0.15) is 31.1 Å². The lowest BCUT2D eigenvalue weighted by Crippen LogP contribution is -2.11. The summed E-state index contributed by atoms with van der Waals surface area (Å²) < 4.78 is 10.1. The molecule has 6 nitrogen and oxygen atoms in total. The predicted molar refractivity (Wildman–Crippen MR) is 116 cm³/mol. The van der Waals surface area contributed by atoms with Crippen LogP contribution in [0.25, 0.3) is 0 Å². The highest BCUT2D eigenvalue weighted by Crippen LogP contribution is 2.21. The van der Waals surface area contributed by atoms with Crippen molar-refractivity contribution in [2.75, 3.05) is 41.4 Å². The van der Waals surface area contributed by atoms with Gasteiger partial charge < -0.3 is 19.3 Å². The number of benzene rings is 1. The molecule has 0 heterocycles. The van der Waals surface area contributed by atoms with E-state index in [1.165, 1.54) is 11.0 Å².